The van der Waals surface area contributed by atoms with Gasteiger partial charge in [-0.1, -0.05) is 114 Å². The van der Waals surface area contributed by atoms with Gasteiger partial charge in [-0.15, -0.1) is 0 Å². The van der Waals surface area contributed by atoms with Crippen molar-refractivity contribution in [1.82, 2.24) is 4.90 Å². The van der Waals surface area contributed by atoms with Crippen molar-refractivity contribution in [3.8, 4) is 0 Å². The minimum atomic E-state index is 0.0489. The monoisotopic (exact) mass is 559 g/mol. The van der Waals surface area contributed by atoms with Gasteiger partial charge in [-0.2, -0.15) is 0 Å². The highest BCUT2D eigenvalue weighted by molar-refractivity contribution is 5.72. The number of ether oxygens (including phenoxy) is 2. The van der Waals surface area contributed by atoms with Crippen molar-refractivity contribution in [3.63, 3.8) is 0 Å². The number of piperidine rings is 1. The number of hydrogen-bond donors (Lipinski definition) is 0. The van der Waals surface area contributed by atoms with Gasteiger partial charge in [-0.3, -0.25) is 4.79 Å². The van der Waals surface area contributed by atoms with Gasteiger partial charge in [0, 0.05) is 13.5 Å². The quantitative estimate of drug-likeness (QED) is 0.0807. The summed E-state index contributed by atoms with van der Waals surface area (Å²) >= 11 is 0. The molecule has 0 amide bonds. The van der Waals surface area contributed by atoms with Gasteiger partial charge in [0.15, 0.2) is 0 Å². The molecule has 0 saturated carbocycles. The van der Waals surface area contributed by atoms with Crippen LogP contribution in [0.15, 0.2) is 30.3 Å². The zero-order valence-electron chi connectivity index (χ0n) is 26.3. The number of esters is 1. The van der Waals surface area contributed by atoms with E-state index in [0.717, 1.165) is 38.6 Å². The Labute approximate surface area is 246 Å². The Morgan fingerprint density at radius 1 is 0.875 bits per heavy atom. The van der Waals surface area contributed by atoms with Crippen molar-refractivity contribution >= 4 is 12.3 Å². The van der Waals surface area contributed by atoms with E-state index in [1.165, 1.54) is 95.5 Å². The van der Waals surface area contributed by atoms with Crippen LogP contribution in [0.25, 0.3) is 0 Å². The fraction of sp³-hybridized carbons (Fsp3) is 0.771. The average molecular weight is 560 g/mol. The first-order valence-corrected chi connectivity index (χ1v) is 16.4. The number of nitrogens with zero attached hydrogens (tertiary/aromatic N) is 1. The van der Waals surface area contributed by atoms with E-state index in [2.05, 4.69) is 18.9 Å². The summed E-state index contributed by atoms with van der Waals surface area (Å²) in [6, 6.07) is 10.1. The Bertz CT molecular complexity index is 703. The number of unbranched alkanes of at least 4 members (excludes halogenated alkanes) is 12. The zero-order valence-corrected chi connectivity index (χ0v) is 26.3. The van der Waals surface area contributed by atoms with Gasteiger partial charge in [0.2, 0.25) is 0 Å². The lowest BCUT2D eigenvalue weighted by atomic mass is 9.94. The van der Waals surface area contributed by atoms with Gasteiger partial charge in [0.25, 0.3) is 0 Å². The van der Waals surface area contributed by atoms with Crippen LogP contribution in [-0.2, 0) is 25.7 Å². The Hall–Kier alpha value is -1.72. The molecule has 0 spiro atoms. The van der Waals surface area contributed by atoms with Gasteiger partial charge in [-0.25, -0.2) is 0 Å². The summed E-state index contributed by atoms with van der Waals surface area (Å²) in [7, 11) is 3.83. The first kappa shape index (κ1) is 36.3. The molecule has 1 aliphatic rings. The number of methoxy groups -OCH3 is 1. The molecule has 1 heterocycles. The van der Waals surface area contributed by atoms with Crippen molar-refractivity contribution in [2.45, 2.75) is 129 Å². The second kappa shape index (κ2) is 26.2. The van der Waals surface area contributed by atoms with E-state index in [4.69, 9.17) is 9.47 Å². The molecule has 5 heteroatoms. The molecule has 0 aliphatic carbocycles. The summed E-state index contributed by atoms with van der Waals surface area (Å²) in [5, 5.41) is 0. The average Bonchev–Trinajstić information content (AvgIpc) is 2.97. The van der Waals surface area contributed by atoms with Crippen molar-refractivity contribution in [3.05, 3.63) is 35.9 Å². The molecule has 1 aromatic rings. The molecule has 1 unspecified atom stereocenters. The van der Waals surface area contributed by atoms with Crippen LogP contribution in [0, 0.1) is 11.8 Å². The lowest BCUT2D eigenvalue weighted by molar-refractivity contribution is -0.151. The van der Waals surface area contributed by atoms with Crippen LogP contribution in [0.5, 0.6) is 0 Å². The fourth-order valence-electron chi connectivity index (χ4n) is 5.37. The second-order valence-electron chi connectivity index (χ2n) is 11.8. The normalized spacial score (nSPS) is 14.8. The van der Waals surface area contributed by atoms with Crippen LogP contribution < -0.4 is 0 Å². The van der Waals surface area contributed by atoms with Gasteiger partial charge in [0.05, 0.1) is 19.1 Å². The smallest absolute Gasteiger partial charge is 0.309 e. The molecule has 1 atom stereocenters. The lowest BCUT2D eigenvalue weighted by Crippen LogP contribution is -2.34. The molecule has 0 radical (unpaired) electrons. The first-order chi connectivity index (χ1) is 19.6. The molecule has 0 bridgehead atoms. The summed E-state index contributed by atoms with van der Waals surface area (Å²) in [6.07, 6.45) is 22.6. The Morgan fingerprint density at radius 3 is 1.98 bits per heavy atom. The van der Waals surface area contributed by atoms with Crippen molar-refractivity contribution < 1.29 is 19.1 Å². The van der Waals surface area contributed by atoms with Crippen LogP contribution in [0.1, 0.15) is 128 Å². The molecule has 1 aromatic carbocycles. The van der Waals surface area contributed by atoms with Gasteiger partial charge < -0.3 is 19.2 Å². The number of carbonyl (C=O) groups is 2. The topological polar surface area (TPSA) is 55.8 Å². The van der Waals surface area contributed by atoms with Crippen molar-refractivity contribution in [2.24, 2.45) is 11.8 Å². The molecule has 40 heavy (non-hydrogen) atoms. The third kappa shape index (κ3) is 20.2. The van der Waals surface area contributed by atoms with Crippen LogP contribution in [0.2, 0.25) is 0 Å². The molecule has 0 N–H and O–H groups in total. The largest absolute Gasteiger partial charge is 0.465 e. The summed E-state index contributed by atoms with van der Waals surface area (Å²) < 4.78 is 10.7. The number of benzene rings is 1. The Kier molecular flexibility index (Phi) is 23.8. The molecule has 5 nitrogen and oxygen atoms in total. The maximum Gasteiger partial charge on any atom is 0.309 e. The first-order valence-electron chi connectivity index (χ1n) is 16.4. The number of likely N-dealkylation sites (tertiary alicyclic amines) is 1. The highest BCUT2D eigenvalue weighted by atomic mass is 16.5. The fourth-order valence-corrected chi connectivity index (χ4v) is 5.37. The molecule has 1 aliphatic heterocycles. The maximum absolute atomic E-state index is 12.5. The third-order valence-electron chi connectivity index (χ3n) is 8.07. The van der Waals surface area contributed by atoms with E-state index in [1.54, 1.807) is 7.11 Å². The third-order valence-corrected chi connectivity index (χ3v) is 8.07. The second-order valence-corrected chi connectivity index (χ2v) is 11.8. The van der Waals surface area contributed by atoms with Crippen LogP contribution >= 0.6 is 0 Å². The minimum Gasteiger partial charge on any atom is -0.465 e. The van der Waals surface area contributed by atoms with Gasteiger partial charge >= 0.3 is 5.97 Å². The van der Waals surface area contributed by atoms with Gasteiger partial charge in [0.1, 0.15) is 6.29 Å². The zero-order chi connectivity index (χ0) is 29.1. The summed E-state index contributed by atoms with van der Waals surface area (Å²) in [5.74, 6) is 0.690. The molecule has 1 fully saturated rings. The lowest BCUT2D eigenvalue weighted by Gasteiger charge is -2.28. The Balaban J connectivity index is 0.000000747. The maximum atomic E-state index is 12.5. The highest BCUT2D eigenvalue weighted by Gasteiger charge is 2.25. The van der Waals surface area contributed by atoms with Crippen LogP contribution in [0.4, 0.5) is 0 Å². The summed E-state index contributed by atoms with van der Waals surface area (Å²) in [4.78, 5) is 25.2. The molecule has 0 aromatic heterocycles. The van der Waals surface area contributed by atoms with E-state index < -0.39 is 0 Å². The minimum absolute atomic E-state index is 0.0489. The SMILES string of the molecule is CCCCCCCCCC(CCCCCCCCC=O)COC(=O)C1CCN(C)CC1.COCc1ccccc1. The van der Waals surface area contributed by atoms with E-state index in [0.29, 0.717) is 25.6 Å². The number of aldehydes is 1. The van der Waals surface area contributed by atoms with Crippen molar-refractivity contribution in [2.75, 3.05) is 33.9 Å². The van der Waals surface area contributed by atoms with E-state index in [9.17, 15) is 9.59 Å². The van der Waals surface area contributed by atoms with Crippen molar-refractivity contribution in [1.29, 1.82) is 0 Å². The number of rotatable bonds is 22. The summed E-state index contributed by atoms with van der Waals surface area (Å²) in [5.41, 5.74) is 1.22. The molecule has 2 rings (SSSR count). The number of hydrogen-bond acceptors (Lipinski definition) is 5. The van der Waals surface area contributed by atoms with E-state index >= 15 is 0 Å². The van der Waals surface area contributed by atoms with Crippen LogP contribution in [0.3, 0.4) is 0 Å². The van der Waals surface area contributed by atoms with E-state index in [-0.39, 0.29) is 11.9 Å². The molecular weight excluding hydrogens is 498 g/mol. The molecule has 1 saturated heterocycles. The van der Waals surface area contributed by atoms with Crippen LogP contribution in [-0.4, -0.2) is 51.0 Å². The van der Waals surface area contributed by atoms with Gasteiger partial charge in [-0.05, 0) is 63.7 Å². The standard InChI is InChI=1S/C27H51NO3.C8H10O/c1-3-4-5-6-8-11-14-17-25(18-15-12-9-7-10-13-16-23-29)24-31-27(30)26-19-21-28(2)22-20-26;1-9-7-8-5-3-2-4-6-8/h23,25-26H,3-22,24H2,1-2H3;2-6H,7H2,1H3. The number of carbonyl (C=O) groups excluding carboxylic acids is 2. The summed E-state index contributed by atoms with van der Waals surface area (Å²) in [6.45, 7) is 5.62. The predicted molar refractivity (Wildman–Crippen MR) is 167 cm³/mol. The highest BCUT2D eigenvalue weighted by Crippen LogP contribution is 2.22. The Morgan fingerprint density at radius 2 is 1.43 bits per heavy atom. The van der Waals surface area contributed by atoms with E-state index in [1.807, 2.05) is 30.3 Å². The molecule has 230 valence electrons. The predicted octanol–water partition coefficient (Wildman–Crippen LogP) is 8.78. The molecular formula is C35H61NO4.